The van der Waals surface area contributed by atoms with Crippen LogP contribution in [0.5, 0.6) is 0 Å². The quantitative estimate of drug-likeness (QED) is 0.843. The molecule has 0 amide bonds. The zero-order valence-electron chi connectivity index (χ0n) is 13.3. The zero-order valence-corrected chi connectivity index (χ0v) is 13.3. The van der Waals surface area contributed by atoms with E-state index in [0.29, 0.717) is 0 Å². The first-order chi connectivity index (χ1) is 10.2. The average molecular weight is 283 g/mol. The van der Waals surface area contributed by atoms with Gasteiger partial charge in [-0.25, -0.2) is 0 Å². The summed E-state index contributed by atoms with van der Waals surface area (Å²) in [6.45, 7) is 7.36. The molecule has 2 aromatic rings. The summed E-state index contributed by atoms with van der Waals surface area (Å²) in [4.78, 5) is 9.24. The molecule has 112 valence electrons. The molecule has 0 aliphatic heterocycles. The van der Waals surface area contributed by atoms with Crippen LogP contribution in [-0.2, 0) is 12.8 Å². The molecule has 3 nitrogen and oxygen atoms in total. The molecule has 0 saturated heterocycles. The first-order valence-corrected chi connectivity index (χ1v) is 7.83. The molecule has 0 aromatic carbocycles. The highest BCUT2D eigenvalue weighted by Crippen LogP contribution is 2.16. The largest absolute Gasteiger partial charge is 0.308 e. The Bertz CT molecular complexity index is 549. The summed E-state index contributed by atoms with van der Waals surface area (Å²) in [7, 11) is 0. The van der Waals surface area contributed by atoms with Crippen molar-refractivity contribution in [3.8, 4) is 0 Å². The van der Waals surface area contributed by atoms with Crippen LogP contribution in [0.2, 0.25) is 0 Å². The third-order valence-electron chi connectivity index (χ3n) is 3.62. The van der Waals surface area contributed by atoms with Gasteiger partial charge >= 0.3 is 0 Å². The summed E-state index contributed by atoms with van der Waals surface area (Å²) in [5, 5.41) is 3.59. The molecule has 0 aliphatic rings. The van der Waals surface area contributed by atoms with E-state index in [0.717, 1.165) is 42.9 Å². The zero-order chi connectivity index (χ0) is 15.1. The molecular weight excluding hydrogens is 258 g/mol. The van der Waals surface area contributed by atoms with Gasteiger partial charge in [0.2, 0.25) is 0 Å². The summed E-state index contributed by atoms with van der Waals surface area (Å²) in [5.41, 5.74) is 4.56. The number of pyridine rings is 2. The van der Waals surface area contributed by atoms with E-state index in [9.17, 15) is 0 Å². The van der Waals surface area contributed by atoms with Gasteiger partial charge in [-0.1, -0.05) is 26.0 Å². The molecule has 0 bridgehead atoms. The van der Waals surface area contributed by atoms with E-state index in [-0.39, 0.29) is 6.04 Å². The van der Waals surface area contributed by atoms with Gasteiger partial charge in [-0.3, -0.25) is 9.97 Å². The minimum atomic E-state index is 0.227. The molecule has 0 saturated carbocycles. The van der Waals surface area contributed by atoms with Crippen LogP contribution in [0.4, 0.5) is 0 Å². The van der Waals surface area contributed by atoms with Crippen molar-refractivity contribution in [1.82, 2.24) is 15.3 Å². The highest BCUT2D eigenvalue weighted by atomic mass is 14.9. The van der Waals surface area contributed by atoms with E-state index < -0.39 is 0 Å². The summed E-state index contributed by atoms with van der Waals surface area (Å²) >= 11 is 0. The lowest BCUT2D eigenvalue weighted by Crippen LogP contribution is -2.25. The Morgan fingerprint density at radius 1 is 1.14 bits per heavy atom. The molecule has 2 heterocycles. The monoisotopic (exact) mass is 283 g/mol. The Morgan fingerprint density at radius 2 is 2.00 bits per heavy atom. The van der Waals surface area contributed by atoms with E-state index in [1.54, 1.807) is 0 Å². The van der Waals surface area contributed by atoms with E-state index in [2.05, 4.69) is 53.4 Å². The molecule has 2 rings (SSSR count). The Kier molecular flexibility index (Phi) is 5.88. The highest BCUT2D eigenvalue weighted by molar-refractivity contribution is 5.19. The fourth-order valence-electron chi connectivity index (χ4n) is 2.35. The van der Waals surface area contributed by atoms with Gasteiger partial charge in [0, 0.05) is 24.0 Å². The maximum absolute atomic E-state index is 4.67. The Hall–Kier alpha value is -1.74. The maximum Gasteiger partial charge on any atom is 0.0580 e. The number of aryl methyl sites for hydroxylation is 2. The van der Waals surface area contributed by atoms with Gasteiger partial charge in [0.15, 0.2) is 0 Å². The van der Waals surface area contributed by atoms with E-state index in [1.165, 1.54) is 5.56 Å². The minimum absolute atomic E-state index is 0.227. The molecule has 21 heavy (non-hydrogen) atoms. The van der Waals surface area contributed by atoms with Crippen molar-refractivity contribution in [3.63, 3.8) is 0 Å². The topological polar surface area (TPSA) is 37.8 Å². The predicted molar refractivity (Wildman–Crippen MR) is 87.3 cm³/mol. The highest BCUT2D eigenvalue weighted by Gasteiger charge is 2.13. The van der Waals surface area contributed by atoms with Crippen LogP contribution in [0.15, 0.2) is 36.5 Å². The van der Waals surface area contributed by atoms with Crippen LogP contribution >= 0.6 is 0 Å². The smallest absolute Gasteiger partial charge is 0.0580 e. The molecular formula is C18H25N3. The second kappa shape index (κ2) is 7.89. The van der Waals surface area contributed by atoms with Crippen molar-refractivity contribution in [3.05, 3.63) is 59.2 Å². The van der Waals surface area contributed by atoms with Gasteiger partial charge in [-0.2, -0.15) is 0 Å². The first kappa shape index (κ1) is 15.6. The van der Waals surface area contributed by atoms with Crippen LogP contribution in [0.1, 0.15) is 49.0 Å². The first-order valence-electron chi connectivity index (χ1n) is 7.83. The van der Waals surface area contributed by atoms with Crippen LogP contribution in [0.25, 0.3) is 0 Å². The van der Waals surface area contributed by atoms with Gasteiger partial charge in [0.1, 0.15) is 0 Å². The SMILES string of the molecule is CCCNC(Cc1ccc(CC)cn1)c1cccc(C)n1. The van der Waals surface area contributed by atoms with E-state index >= 15 is 0 Å². The Morgan fingerprint density at radius 3 is 2.62 bits per heavy atom. The second-order valence-corrected chi connectivity index (χ2v) is 5.43. The molecule has 2 aromatic heterocycles. The Balaban J connectivity index is 2.15. The molecule has 0 spiro atoms. The van der Waals surface area contributed by atoms with Crippen molar-refractivity contribution >= 4 is 0 Å². The molecule has 1 unspecified atom stereocenters. The lowest BCUT2D eigenvalue weighted by atomic mass is 10.1. The normalized spacial score (nSPS) is 12.3. The van der Waals surface area contributed by atoms with E-state index in [4.69, 9.17) is 0 Å². The van der Waals surface area contributed by atoms with Crippen LogP contribution in [-0.4, -0.2) is 16.5 Å². The van der Waals surface area contributed by atoms with Gasteiger partial charge in [-0.05, 0) is 50.1 Å². The van der Waals surface area contributed by atoms with E-state index in [1.807, 2.05) is 19.2 Å². The van der Waals surface area contributed by atoms with Crippen molar-refractivity contribution in [2.24, 2.45) is 0 Å². The summed E-state index contributed by atoms with van der Waals surface area (Å²) in [6.07, 6.45) is 5.01. The molecule has 3 heteroatoms. The lowest BCUT2D eigenvalue weighted by Gasteiger charge is -2.18. The second-order valence-electron chi connectivity index (χ2n) is 5.43. The number of aromatic nitrogens is 2. The summed E-state index contributed by atoms with van der Waals surface area (Å²) < 4.78 is 0. The number of nitrogens with one attached hydrogen (secondary N) is 1. The maximum atomic E-state index is 4.67. The molecule has 0 fully saturated rings. The van der Waals surface area contributed by atoms with Gasteiger partial charge in [0.05, 0.1) is 11.7 Å². The predicted octanol–water partition coefficient (Wildman–Crippen LogP) is 3.63. The molecule has 0 radical (unpaired) electrons. The van der Waals surface area contributed by atoms with Crippen LogP contribution in [0.3, 0.4) is 0 Å². The molecule has 1 atom stereocenters. The third-order valence-corrected chi connectivity index (χ3v) is 3.62. The number of hydrogen-bond acceptors (Lipinski definition) is 3. The number of rotatable bonds is 7. The fourth-order valence-corrected chi connectivity index (χ4v) is 2.35. The van der Waals surface area contributed by atoms with Crippen LogP contribution < -0.4 is 5.32 Å². The molecule has 1 N–H and O–H groups in total. The standard InChI is InChI=1S/C18H25N3/c1-4-11-19-18(17-8-6-7-14(3)21-17)12-16-10-9-15(5-2)13-20-16/h6-10,13,18-19H,4-5,11-12H2,1-3H3. The lowest BCUT2D eigenvalue weighted by molar-refractivity contribution is 0.512. The summed E-state index contributed by atoms with van der Waals surface area (Å²) in [6, 6.07) is 10.7. The van der Waals surface area contributed by atoms with Gasteiger partial charge in [-0.15, -0.1) is 0 Å². The van der Waals surface area contributed by atoms with Crippen molar-refractivity contribution in [2.75, 3.05) is 6.54 Å². The van der Waals surface area contributed by atoms with Crippen molar-refractivity contribution in [1.29, 1.82) is 0 Å². The minimum Gasteiger partial charge on any atom is -0.308 e. The van der Waals surface area contributed by atoms with Crippen LogP contribution in [0, 0.1) is 6.92 Å². The van der Waals surface area contributed by atoms with Gasteiger partial charge < -0.3 is 5.32 Å². The summed E-state index contributed by atoms with van der Waals surface area (Å²) in [5.74, 6) is 0. The third kappa shape index (κ3) is 4.64. The van der Waals surface area contributed by atoms with Crippen molar-refractivity contribution in [2.45, 2.75) is 46.1 Å². The van der Waals surface area contributed by atoms with Gasteiger partial charge in [0.25, 0.3) is 0 Å². The average Bonchev–Trinajstić information content (AvgIpc) is 2.52. The van der Waals surface area contributed by atoms with Crippen molar-refractivity contribution < 1.29 is 0 Å². The molecule has 0 aliphatic carbocycles. The Labute approximate surface area is 127 Å². The number of hydrogen-bond donors (Lipinski definition) is 1. The fraction of sp³-hybridized carbons (Fsp3) is 0.444. The number of nitrogens with zero attached hydrogens (tertiary/aromatic N) is 2.